The van der Waals surface area contributed by atoms with Gasteiger partial charge in [0.25, 0.3) is 0 Å². The number of anilines is 2. The molecule has 4 heterocycles. The zero-order chi connectivity index (χ0) is 23.6. The maximum atomic E-state index is 12.6. The van der Waals surface area contributed by atoms with Crippen LogP contribution in [0.1, 0.15) is 5.69 Å². The standard InChI is InChI=1S/C26H23N5O2S2/c32-25-14-19(31-8-10-33-11-9-31)13-21(30-25)20-2-1-3-23-26(20)35-22-5-4-17(12-24(22)34-23)29-16-18-15-27-6-7-28-18/h1-7,12-15,29H,8-11,16H2,(H,30,32). The van der Waals surface area contributed by atoms with E-state index in [1.807, 2.05) is 0 Å². The van der Waals surface area contributed by atoms with E-state index >= 15 is 0 Å². The Morgan fingerprint density at radius 3 is 2.77 bits per heavy atom. The summed E-state index contributed by atoms with van der Waals surface area (Å²) in [6.07, 6.45) is 5.15. The minimum Gasteiger partial charge on any atom is -0.379 e. The summed E-state index contributed by atoms with van der Waals surface area (Å²) in [5.74, 6) is 0. The van der Waals surface area contributed by atoms with Crippen molar-refractivity contribution in [2.75, 3.05) is 36.5 Å². The van der Waals surface area contributed by atoms with Gasteiger partial charge in [0.2, 0.25) is 5.56 Å². The highest BCUT2D eigenvalue weighted by atomic mass is 32.2. The average Bonchev–Trinajstić information content (AvgIpc) is 2.91. The van der Waals surface area contributed by atoms with E-state index < -0.39 is 0 Å². The first-order chi connectivity index (χ1) is 17.2. The zero-order valence-corrected chi connectivity index (χ0v) is 20.5. The maximum Gasteiger partial charge on any atom is 0.250 e. The summed E-state index contributed by atoms with van der Waals surface area (Å²) in [6.45, 7) is 3.57. The van der Waals surface area contributed by atoms with Gasteiger partial charge in [-0.15, -0.1) is 0 Å². The van der Waals surface area contributed by atoms with E-state index in [0.29, 0.717) is 19.8 Å². The van der Waals surface area contributed by atoms with E-state index in [1.165, 1.54) is 19.6 Å². The van der Waals surface area contributed by atoms with Gasteiger partial charge in [-0.1, -0.05) is 35.7 Å². The van der Waals surface area contributed by atoms with Crippen molar-refractivity contribution in [1.82, 2.24) is 15.0 Å². The first kappa shape index (κ1) is 22.2. The summed E-state index contributed by atoms with van der Waals surface area (Å²) in [7, 11) is 0. The summed E-state index contributed by atoms with van der Waals surface area (Å²) < 4.78 is 5.48. The molecule has 2 N–H and O–H groups in total. The highest BCUT2D eigenvalue weighted by Crippen LogP contribution is 2.52. The Morgan fingerprint density at radius 2 is 1.91 bits per heavy atom. The molecule has 6 rings (SSSR count). The van der Waals surface area contributed by atoms with Crippen molar-refractivity contribution in [3.8, 4) is 11.3 Å². The average molecular weight is 502 g/mol. The topological polar surface area (TPSA) is 83.1 Å². The van der Waals surface area contributed by atoms with Crippen LogP contribution in [-0.4, -0.2) is 41.3 Å². The van der Waals surface area contributed by atoms with E-state index in [2.05, 4.69) is 67.6 Å². The molecule has 2 aliphatic rings. The molecular weight excluding hydrogens is 478 g/mol. The minimum atomic E-state index is -0.0886. The van der Waals surface area contributed by atoms with Crippen LogP contribution in [0.2, 0.25) is 0 Å². The predicted octanol–water partition coefficient (Wildman–Crippen LogP) is 4.90. The number of nitrogens with zero attached hydrogens (tertiary/aromatic N) is 3. The number of benzene rings is 2. The second kappa shape index (κ2) is 9.77. The molecule has 176 valence electrons. The summed E-state index contributed by atoms with van der Waals surface area (Å²) in [5.41, 5.74) is 4.68. The van der Waals surface area contributed by atoms with Crippen LogP contribution in [0.15, 0.2) is 91.5 Å². The Morgan fingerprint density at radius 1 is 1.00 bits per heavy atom. The van der Waals surface area contributed by atoms with Crippen LogP contribution in [-0.2, 0) is 11.3 Å². The number of morpholine rings is 1. The molecule has 0 saturated carbocycles. The summed E-state index contributed by atoms with van der Waals surface area (Å²) >= 11 is 3.50. The molecule has 0 unspecified atom stereocenters. The van der Waals surface area contributed by atoms with Crippen LogP contribution in [0.5, 0.6) is 0 Å². The van der Waals surface area contributed by atoms with Gasteiger partial charge in [-0.25, -0.2) is 0 Å². The zero-order valence-electron chi connectivity index (χ0n) is 18.9. The van der Waals surface area contributed by atoms with Gasteiger partial charge in [-0.05, 0) is 30.3 Å². The second-order valence-corrected chi connectivity index (χ2v) is 10.4. The number of aromatic amines is 1. The van der Waals surface area contributed by atoms with E-state index in [0.717, 1.165) is 41.4 Å². The number of nitrogens with one attached hydrogen (secondary N) is 2. The SMILES string of the molecule is O=c1cc(N2CCOCC2)cc(-c2cccc3c2Sc2ccc(NCc4cnccn4)cc2S3)[nH]1. The van der Waals surface area contributed by atoms with E-state index in [4.69, 9.17) is 4.74 Å². The van der Waals surface area contributed by atoms with Gasteiger partial charge in [-0.2, -0.15) is 0 Å². The van der Waals surface area contributed by atoms with E-state index in [9.17, 15) is 4.79 Å². The van der Waals surface area contributed by atoms with E-state index in [1.54, 1.807) is 48.2 Å². The lowest BCUT2D eigenvalue weighted by molar-refractivity contribution is 0.122. The van der Waals surface area contributed by atoms with Crippen LogP contribution < -0.4 is 15.8 Å². The van der Waals surface area contributed by atoms with Crippen LogP contribution >= 0.6 is 23.5 Å². The molecule has 4 aromatic rings. The lowest BCUT2D eigenvalue weighted by Crippen LogP contribution is -2.36. The van der Waals surface area contributed by atoms with Gasteiger partial charge in [0.1, 0.15) is 0 Å². The number of ether oxygens (including phenoxy) is 1. The molecule has 2 aromatic carbocycles. The third-order valence-electron chi connectivity index (χ3n) is 5.94. The Hall–Kier alpha value is -3.27. The minimum absolute atomic E-state index is 0.0886. The van der Waals surface area contributed by atoms with Crippen LogP contribution in [0, 0.1) is 0 Å². The summed E-state index contributed by atoms with van der Waals surface area (Å²) in [4.78, 5) is 31.0. The largest absolute Gasteiger partial charge is 0.379 e. The number of hydrogen-bond donors (Lipinski definition) is 2. The number of aromatic nitrogens is 3. The molecule has 2 aliphatic heterocycles. The first-order valence-corrected chi connectivity index (χ1v) is 13.1. The number of rotatable bonds is 5. The highest BCUT2D eigenvalue weighted by Gasteiger charge is 2.22. The second-order valence-electron chi connectivity index (χ2n) is 8.26. The number of pyridine rings is 1. The van der Waals surface area contributed by atoms with Gasteiger partial charge in [0.05, 0.1) is 37.3 Å². The van der Waals surface area contributed by atoms with Crippen LogP contribution in [0.25, 0.3) is 11.3 Å². The van der Waals surface area contributed by atoms with E-state index in [-0.39, 0.29) is 5.56 Å². The van der Waals surface area contributed by atoms with Crippen LogP contribution in [0.4, 0.5) is 11.4 Å². The van der Waals surface area contributed by atoms with Gasteiger partial charge in [-0.3, -0.25) is 14.8 Å². The third-order valence-corrected chi connectivity index (χ3v) is 8.54. The quantitative estimate of drug-likeness (QED) is 0.352. The molecule has 1 fully saturated rings. The lowest BCUT2D eigenvalue weighted by Gasteiger charge is -2.29. The molecule has 0 amide bonds. The Bertz CT molecular complexity index is 1420. The molecule has 0 bridgehead atoms. The van der Waals surface area contributed by atoms with Crippen LogP contribution in [0.3, 0.4) is 0 Å². The first-order valence-electron chi connectivity index (χ1n) is 11.4. The van der Waals surface area contributed by atoms with Crippen molar-refractivity contribution in [3.05, 3.63) is 83.2 Å². The summed E-state index contributed by atoms with van der Waals surface area (Å²) in [6, 6.07) is 16.5. The number of fused-ring (bicyclic) bond motifs is 2. The highest BCUT2D eigenvalue weighted by molar-refractivity contribution is 8.05. The molecule has 0 spiro atoms. The fourth-order valence-electron chi connectivity index (χ4n) is 4.22. The van der Waals surface area contributed by atoms with Crippen molar-refractivity contribution in [2.24, 2.45) is 0 Å². The molecule has 7 nitrogen and oxygen atoms in total. The van der Waals surface area contributed by atoms with Crippen molar-refractivity contribution < 1.29 is 4.74 Å². The maximum absolute atomic E-state index is 12.6. The molecule has 0 aliphatic carbocycles. The Labute approximate surface area is 211 Å². The van der Waals surface area contributed by atoms with Gasteiger partial charge >= 0.3 is 0 Å². The van der Waals surface area contributed by atoms with Crippen molar-refractivity contribution in [1.29, 1.82) is 0 Å². The molecular formula is C26H23N5O2S2. The normalized spacial score (nSPS) is 14.8. The monoisotopic (exact) mass is 501 g/mol. The van der Waals surface area contributed by atoms with Crippen molar-refractivity contribution in [3.63, 3.8) is 0 Å². The Kier molecular flexibility index (Phi) is 6.20. The smallest absolute Gasteiger partial charge is 0.250 e. The molecule has 0 atom stereocenters. The predicted molar refractivity (Wildman–Crippen MR) is 140 cm³/mol. The fourth-order valence-corrected chi connectivity index (χ4v) is 6.63. The third kappa shape index (κ3) is 4.80. The summed E-state index contributed by atoms with van der Waals surface area (Å²) in [5, 5.41) is 3.44. The van der Waals surface area contributed by atoms with Gasteiger partial charge in [0.15, 0.2) is 0 Å². The van der Waals surface area contributed by atoms with Gasteiger partial charge < -0.3 is 19.9 Å². The molecule has 2 aromatic heterocycles. The number of H-pyrrole nitrogens is 1. The lowest BCUT2D eigenvalue weighted by atomic mass is 10.1. The van der Waals surface area contributed by atoms with Gasteiger partial charge in [0, 0.05) is 68.1 Å². The Balaban J connectivity index is 1.27. The molecule has 9 heteroatoms. The number of hydrogen-bond acceptors (Lipinski definition) is 8. The van der Waals surface area contributed by atoms with Crippen molar-refractivity contribution in [2.45, 2.75) is 26.1 Å². The fraction of sp³-hybridized carbons (Fsp3) is 0.192. The molecule has 1 saturated heterocycles. The van der Waals surface area contributed by atoms with Crippen molar-refractivity contribution >= 4 is 34.9 Å². The molecule has 35 heavy (non-hydrogen) atoms. The molecule has 0 radical (unpaired) electrons.